The monoisotopic (exact) mass is 498 g/mol. The molecule has 0 saturated heterocycles. The average molecular weight is 499 g/mol. The Morgan fingerprint density at radius 2 is 1.76 bits per heavy atom. The van der Waals surface area contributed by atoms with E-state index < -0.39 is 27.7 Å². The second-order valence-electron chi connectivity index (χ2n) is 7.11. The Hall–Kier alpha value is -2.92. The highest BCUT2D eigenvalue weighted by molar-refractivity contribution is 7.92. The molecule has 0 radical (unpaired) electrons. The molecule has 0 amide bonds. The summed E-state index contributed by atoms with van der Waals surface area (Å²) >= 11 is 1.18. The van der Waals surface area contributed by atoms with Crippen LogP contribution >= 0.6 is 11.3 Å². The summed E-state index contributed by atoms with van der Waals surface area (Å²) in [5.41, 5.74) is 0.366. The van der Waals surface area contributed by atoms with Gasteiger partial charge in [-0.05, 0) is 50.6 Å². The van der Waals surface area contributed by atoms with Gasteiger partial charge >= 0.3 is 12.1 Å². The van der Waals surface area contributed by atoms with Crippen molar-refractivity contribution in [2.75, 3.05) is 18.0 Å². The predicted molar refractivity (Wildman–Crippen MR) is 120 cm³/mol. The summed E-state index contributed by atoms with van der Waals surface area (Å²) in [4.78, 5) is 16.9. The summed E-state index contributed by atoms with van der Waals surface area (Å²) in [6.07, 6.45) is -4.45. The Morgan fingerprint density at radius 1 is 1.12 bits per heavy atom. The molecule has 0 fully saturated rings. The normalized spacial score (nSPS) is 12.0. The number of anilines is 1. The highest BCUT2D eigenvalue weighted by Crippen LogP contribution is 2.36. The number of alkyl halides is 3. The lowest BCUT2D eigenvalue weighted by Crippen LogP contribution is -2.31. The number of sulfonamides is 1. The lowest BCUT2D eigenvalue weighted by molar-refractivity contribution is -0.137. The lowest BCUT2D eigenvalue weighted by atomic mass is 10.1. The Labute approximate surface area is 193 Å². The number of aromatic nitrogens is 1. The molecule has 1 aromatic heterocycles. The summed E-state index contributed by atoms with van der Waals surface area (Å²) in [7, 11) is -2.87. The van der Waals surface area contributed by atoms with E-state index in [1.807, 2.05) is 0 Å². The average Bonchev–Trinajstić information content (AvgIpc) is 3.14. The number of hydrogen-bond acceptors (Lipinski definition) is 6. The van der Waals surface area contributed by atoms with Gasteiger partial charge in [0, 0.05) is 17.0 Å². The number of hydrogen-bond donors (Lipinski definition) is 0. The van der Waals surface area contributed by atoms with Crippen molar-refractivity contribution in [1.82, 2.24) is 4.98 Å². The van der Waals surface area contributed by atoms with E-state index in [0.29, 0.717) is 21.0 Å². The maximum atomic E-state index is 13.4. The van der Waals surface area contributed by atoms with Gasteiger partial charge in [0.2, 0.25) is 0 Å². The molecule has 0 saturated carbocycles. The zero-order valence-corrected chi connectivity index (χ0v) is 19.9. The number of thiazole rings is 1. The third kappa shape index (κ3) is 4.88. The molecule has 3 rings (SSSR count). The highest BCUT2D eigenvalue weighted by atomic mass is 32.2. The van der Waals surface area contributed by atoms with Gasteiger partial charge in [0.15, 0.2) is 5.82 Å². The number of ether oxygens (including phenoxy) is 1. The van der Waals surface area contributed by atoms with Crippen LogP contribution in [0.2, 0.25) is 0 Å². The van der Waals surface area contributed by atoms with Gasteiger partial charge in [0.1, 0.15) is 5.01 Å². The summed E-state index contributed by atoms with van der Waals surface area (Å²) in [5, 5.41) is 0.393. The summed E-state index contributed by atoms with van der Waals surface area (Å²) in [6, 6.07) is 8.71. The second kappa shape index (κ2) is 9.14. The van der Waals surface area contributed by atoms with Crippen molar-refractivity contribution in [3.63, 3.8) is 0 Å². The summed E-state index contributed by atoms with van der Waals surface area (Å²) in [6.45, 7) is 5.05. The van der Waals surface area contributed by atoms with E-state index in [1.54, 1.807) is 20.8 Å². The first-order valence-corrected chi connectivity index (χ1v) is 12.0. The van der Waals surface area contributed by atoms with Crippen molar-refractivity contribution in [2.24, 2.45) is 0 Å². The first kappa shape index (κ1) is 24.7. The number of rotatable bonds is 6. The molecule has 0 spiro atoms. The van der Waals surface area contributed by atoms with Crippen LogP contribution < -0.4 is 4.31 Å². The first-order valence-electron chi connectivity index (χ1n) is 9.77. The fourth-order valence-corrected chi connectivity index (χ4v) is 5.68. The molecule has 0 atom stereocenters. The van der Waals surface area contributed by atoms with E-state index in [1.165, 1.54) is 48.8 Å². The maximum Gasteiger partial charge on any atom is 0.416 e. The van der Waals surface area contributed by atoms with Gasteiger partial charge in [-0.1, -0.05) is 18.2 Å². The van der Waals surface area contributed by atoms with Gasteiger partial charge in [-0.2, -0.15) is 13.2 Å². The molecular formula is C22H21F3N2O4S2. The Morgan fingerprint density at radius 3 is 2.30 bits per heavy atom. The molecule has 0 aliphatic rings. The Balaban J connectivity index is 2.02. The molecule has 6 nitrogen and oxygen atoms in total. The van der Waals surface area contributed by atoms with Gasteiger partial charge in [-0.3, -0.25) is 0 Å². The number of benzene rings is 2. The number of carbonyl (C=O) groups is 1. The number of esters is 1. The largest absolute Gasteiger partial charge is 0.465 e. The lowest BCUT2D eigenvalue weighted by Gasteiger charge is -2.22. The zero-order valence-electron chi connectivity index (χ0n) is 18.2. The molecule has 2 aromatic carbocycles. The van der Waals surface area contributed by atoms with Crippen LogP contribution in [0.5, 0.6) is 0 Å². The maximum absolute atomic E-state index is 13.4. The minimum atomic E-state index is -4.45. The van der Waals surface area contributed by atoms with Crippen molar-refractivity contribution in [2.45, 2.75) is 31.8 Å². The van der Waals surface area contributed by atoms with Crippen molar-refractivity contribution in [3.8, 4) is 10.6 Å². The molecule has 0 unspecified atom stereocenters. The van der Waals surface area contributed by atoms with Crippen molar-refractivity contribution in [3.05, 3.63) is 64.0 Å². The molecule has 176 valence electrons. The number of carbonyl (C=O) groups excluding carboxylic acids is 1. The van der Waals surface area contributed by atoms with Crippen LogP contribution in [0.25, 0.3) is 10.6 Å². The smallest absolute Gasteiger partial charge is 0.416 e. The van der Waals surface area contributed by atoms with E-state index in [-0.39, 0.29) is 22.8 Å². The highest BCUT2D eigenvalue weighted by Gasteiger charge is 2.31. The van der Waals surface area contributed by atoms with Crippen molar-refractivity contribution >= 4 is 33.1 Å². The molecule has 3 aromatic rings. The van der Waals surface area contributed by atoms with Crippen LogP contribution in [0.3, 0.4) is 0 Å². The van der Waals surface area contributed by atoms with E-state index in [9.17, 15) is 26.4 Å². The minimum Gasteiger partial charge on any atom is -0.465 e. The number of halogens is 3. The van der Waals surface area contributed by atoms with Gasteiger partial charge in [0.05, 0.1) is 23.1 Å². The third-order valence-corrected chi connectivity index (χ3v) is 7.83. The molecule has 11 heteroatoms. The fourth-order valence-electron chi connectivity index (χ4n) is 3.20. The number of methoxy groups -OCH3 is 1. The molecule has 0 bridgehead atoms. The zero-order chi connectivity index (χ0) is 24.6. The van der Waals surface area contributed by atoms with Gasteiger partial charge in [-0.15, -0.1) is 11.3 Å². The number of aryl methyl sites for hydroxylation is 2. The quantitative estimate of drug-likeness (QED) is 0.423. The van der Waals surface area contributed by atoms with Crippen molar-refractivity contribution < 1.29 is 31.1 Å². The van der Waals surface area contributed by atoms with Crippen LogP contribution in [0.1, 0.15) is 33.3 Å². The van der Waals surface area contributed by atoms with Gasteiger partial charge in [-0.25, -0.2) is 22.5 Å². The third-order valence-electron chi connectivity index (χ3n) is 4.96. The molecule has 0 aliphatic carbocycles. The Kier molecular flexibility index (Phi) is 6.85. The molecule has 33 heavy (non-hydrogen) atoms. The van der Waals surface area contributed by atoms with Gasteiger partial charge < -0.3 is 4.74 Å². The predicted octanol–water partition coefficient (Wildman–Crippen LogP) is 5.45. The van der Waals surface area contributed by atoms with Gasteiger partial charge in [0.25, 0.3) is 10.0 Å². The molecular weight excluding hydrogens is 477 g/mol. The van der Waals surface area contributed by atoms with E-state index >= 15 is 0 Å². The van der Waals surface area contributed by atoms with Crippen LogP contribution in [0.4, 0.5) is 19.0 Å². The van der Waals surface area contributed by atoms with Crippen LogP contribution in [-0.2, 0) is 20.9 Å². The van der Waals surface area contributed by atoms with Crippen LogP contribution in [0, 0.1) is 13.8 Å². The molecule has 1 heterocycles. The molecule has 0 aliphatic heterocycles. The van der Waals surface area contributed by atoms with E-state index in [2.05, 4.69) is 4.98 Å². The van der Waals surface area contributed by atoms with E-state index in [0.717, 1.165) is 16.4 Å². The summed E-state index contributed by atoms with van der Waals surface area (Å²) < 4.78 is 71.2. The summed E-state index contributed by atoms with van der Waals surface area (Å²) in [5.74, 6) is -0.473. The van der Waals surface area contributed by atoms with Crippen LogP contribution in [-0.4, -0.2) is 33.0 Å². The molecule has 0 N–H and O–H groups in total. The standard InChI is InChI=1S/C22H21F3N2O4S2/c1-5-27(33(29,30)17-11-6-13(2)18(12-17)21(28)31-4)19-14(3)32-20(26-19)15-7-9-16(10-8-15)22(23,24)25/h6-12H,5H2,1-4H3. The minimum absolute atomic E-state index is 0.0563. The van der Waals surface area contributed by atoms with Crippen molar-refractivity contribution in [1.29, 1.82) is 0 Å². The Bertz CT molecular complexity index is 1280. The fraction of sp³-hybridized carbons (Fsp3) is 0.273. The van der Waals surface area contributed by atoms with E-state index in [4.69, 9.17) is 4.74 Å². The first-order chi connectivity index (χ1) is 15.4. The topological polar surface area (TPSA) is 76.6 Å². The SMILES string of the molecule is CCN(c1nc(-c2ccc(C(F)(F)F)cc2)sc1C)S(=O)(=O)c1ccc(C)c(C(=O)OC)c1. The van der Waals surface area contributed by atoms with Crippen LogP contribution in [0.15, 0.2) is 47.4 Å². The number of nitrogens with zero attached hydrogens (tertiary/aromatic N) is 2. The second-order valence-corrected chi connectivity index (χ2v) is 10.2.